The van der Waals surface area contributed by atoms with Crippen LogP contribution in [0.1, 0.15) is 11.3 Å². The Morgan fingerprint density at radius 1 is 1.41 bits per heavy atom. The maximum Gasteiger partial charge on any atom is 0.231 e. The Morgan fingerprint density at radius 2 is 2.32 bits per heavy atom. The number of carbonyl (C=O) groups excluding carboxylic acids is 1. The SMILES string of the molecule is Cn1cc(N2CC[C@@H]3CN(Cc4cccs4)C[C@H]3C2=O)cn1. The molecule has 22 heavy (non-hydrogen) atoms. The normalized spacial score (nSPS) is 25.7. The van der Waals surface area contributed by atoms with Crippen LogP contribution >= 0.6 is 11.3 Å². The highest BCUT2D eigenvalue weighted by molar-refractivity contribution is 7.09. The molecule has 0 unspecified atom stereocenters. The van der Waals surface area contributed by atoms with Crippen LogP contribution in [-0.2, 0) is 18.4 Å². The number of piperidine rings is 1. The summed E-state index contributed by atoms with van der Waals surface area (Å²) in [6.07, 6.45) is 4.80. The molecule has 0 spiro atoms. The smallest absolute Gasteiger partial charge is 0.231 e. The summed E-state index contributed by atoms with van der Waals surface area (Å²) < 4.78 is 1.76. The summed E-state index contributed by atoms with van der Waals surface area (Å²) in [5.74, 6) is 0.937. The molecule has 0 aromatic carbocycles. The lowest BCUT2D eigenvalue weighted by Gasteiger charge is -2.32. The lowest BCUT2D eigenvalue weighted by Crippen LogP contribution is -2.45. The number of aromatic nitrogens is 2. The zero-order chi connectivity index (χ0) is 15.1. The van der Waals surface area contributed by atoms with Gasteiger partial charge in [-0.1, -0.05) is 6.07 Å². The van der Waals surface area contributed by atoms with Crippen molar-refractivity contribution in [2.24, 2.45) is 18.9 Å². The van der Waals surface area contributed by atoms with Gasteiger partial charge in [0.25, 0.3) is 0 Å². The van der Waals surface area contributed by atoms with E-state index in [1.807, 2.05) is 18.1 Å². The number of hydrogen-bond acceptors (Lipinski definition) is 4. The predicted molar refractivity (Wildman–Crippen MR) is 86.8 cm³/mol. The fourth-order valence-corrected chi connectivity index (χ4v) is 4.44. The van der Waals surface area contributed by atoms with Crippen LogP contribution in [0.2, 0.25) is 0 Å². The zero-order valence-electron chi connectivity index (χ0n) is 12.7. The van der Waals surface area contributed by atoms with Crippen LogP contribution in [0.15, 0.2) is 29.9 Å². The number of likely N-dealkylation sites (tertiary alicyclic amines) is 1. The second kappa shape index (κ2) is 5.52. The van der Waals surface area contributed by atoms with Gasteiger partial charge < -0.3 is 4.90 Å². The second-order valence-electron chi connectivity index (χ2n) is 6.29. The Hall–Kier alpha value is -1.66. The number of carbonyl (C=O) groups is 1. The summed E-state index contributed by atoms with van der Waals surface area (Å²) in [4.78, 5) is 18.6. The first-order chi connectivity index (χ1) is 10.7. The summed E-state index contributed by atoms with van der Waals surface area (Å²) in [7, 11) is 1.89. The molecule has 4 rings (SSSR count). The van der Waals surface area contributed by atoms with E-state index < -0.39 is 0 Å². The minimum atomic E-state index is 0.147. The number of fused-ring (bicyclic) bond motifs is 1. The molecule has 0 bridgehead atoms. The molecule has 2 atom stereocenters. The number of thiophene rings is 1. The van der Waals surface area contributed by atoms with E-state index in [1.54, 1.807) is 22.2 Å². The molecule has 2 aliphatic heterocycles. The first-order valence-corrected chi connectivity index (χ1v) is 8.63. The Balaban J connectivity index is 1.47. The van der Waals surface area contributed by atoms with Crippen LogP contribution in [0.5, 0.6) is 0 Å². The van der Waals surface area contributed by atoms with Crippen LogP contribution < -0.4 is 4.90 Å². The molecular weight excluding hydrogens is 296 g/mol. The molecule has 0 aliphatic carbocycles. The van der Waals surface area contributed by atoms with E-state index in [-0.39, 0.29) is 11.8 Å². The summed E-state index contributed by atoms with van der Waals surface area (Å²) in [5.41, 5.74) is 0.933. The molecule has 0 saturated carbocycles. The molecule has 2 aromatic heterocycles. The van der Waals surface area contributed by atoms with Gasteiger partial charge >= 0.3 is 0 Å². The van der Waals surface area contributed by atoms with Crippen molar-refractivity contribution in [1.29, 1.82) is 0 Å². The molecule has 2 fully saturated rings. The van der Waals surface area contributed by atoms with E-state index in [0.29, 0.717) is 5.92 Å². The van der Waals surface area contributed by atoms with Gasteiger partial charge in [0.2, 0.25) is 5.91 Å². The van der Waals surface area contributed by atoms with Crippen molar-refractivity contribution in [3.63, 3.8) is 0 Å². The first-order valence-electron chi connectivity index (χ1n) is 7.75. The topological polar surface area (TPSA) is 41.4 Å². The molecule has 2 saturated heterocycles. The first kappa shape index (κ1) is 14.0. The van der Waals surface area contributed by atoms with Gasteiger partial charge in [-0.15, -0.1) is 11.3 Å². The third-order valence-electron chi connectivity index (χ3n) is 4.79. The quantitative estimate of drug-likeness (QED) is 0.869. The van der Waals surface area contributed by atoms with E-state index in [2.05, 4.69) is 27.5 Å². The molecule has 6 heteroatoms. The number of hydrogen-bond donors (Lipinski definition) is 0. The van der Waals surface area contributed by atoms with Crippen molar-refractivity contribution in [1.82, 2.24) is 14.7 Å². The summed E-state index contributed by atoms with van der Waals surface area (Å²) in [6, 6.07) is 4.27. The Kier molecular flexibility index (Phi) is 3.50. The molecule has 4 heterocycles. The zero-order valence-corrected chi connectivity index (χ0v) is 13.5. The van der Waals surface area contributed by atoms with Gasteiger partial charge in [0.05, 0.1) is 17.8 Å². The van der Waals surface area contributed by atoms with Gasteiger partial charge in [-0.05, 0) is 23.8 Å². The Labute approximate surface area is 134 Å². The molecule has 1 amide bonds. The second-order valence-corrected chi connectivity index (χ2v) is 7.32. The molecule has 0 radical (unpaired) electrons. The summed E-state index contributed by atoms with van der Waals surface area (Å²) in [6.45, 7) is 3.73. The maximum atomic E-state index is 12.8. The molecular formula is C16H20N4OS. The fraction of sp³-hybridized carbons (Fsp3) is 0.500. The third kappa shape index (κ3) is 2.46. The van der Waals surface area contributed by atoms with Crippen LogP contribution in [0.4, 0.5) is 5.69 Å². The van der Waals surface area contributed by atoms with E-state index in [0.717, 1.165) is 38.3 Å². The Bertz CT molecular complexity index is 666. The average molecular weight is 316 g/mol. The molecule has 0 N–H and O–H groups in total. The van der Waals surface area contributed by atoms with Gasteiger partial charge in [-0.3, -0.25) is 14.4 Å². The van der Waals surface area contributed by atoms with Gasteiger partial charge in [0.1, 0.15) is 0 Å². The number of nitrogens with zero attached hydrogens (tertiary/aromatic N) is 4. The monoisotopic (exact) mass is 316 g/mol. The number of amides is 1. The van der Waals surface area contributed by atoms with Crippen molar-refractivity contribution < 1.29 is 4.79 Å². The van der Waals surface area contributed by atoms with Crippen LogP contribution in [0.3, 0.4) is 0 Å². The lowest BCUT2D eigenvalue weighted by atomic mass is 9.88. The van der Waals surface area contributed by atoms with Crippen LogP contribution in [0.25, 0.3) is 0 Å². The molecule has 2 aromatic rings. The molecule has 5 nitrogen and oxygen atoms in total. The van der Waals surface area contributed by atoms with E-state index in [9.17, 15) is 4.79 Å². The maximum absolute atomic E-state index is 12.8. The minimum Gasteiger partial charge on any atom is -0.309 e. The highest BCUT2D eigenvalue weighted by atomic mass is 32.1. The van der Waals surface area contributed by atoms with E-state index >= 15 is 0 Å². The van der Waals surface area contributed by atoms with Crippen molar-refractivity contribution in [3.8, 4) is 0 Å². The van der Waals surface area contributed by atoms with Crippen molar-refractivity contribution in [3.05, 3.63) is 34.8 Å². The average Bonchev–Trinajstić information content (AvgIpc) is 3.21. The van der Waals surface area contributed by atoms with Crippen LogP contribution in [-0.4, -0.2) is 40.2 Å². The number of aryl methyl sites for hydroxylation is 1. The minimum absolute atomic E-state index is 0.147. The predicted octanol–water partition coefficient (Wildman–Crippen LogP) is 1.97. The highest BCUT2D eigenvalue weighted by Gasteiger charge is 2.43. The summed E-state index contributed by atoms with van der Waals surface area (Å²) in [5, 5.41) is 6.31. The highest BCUT2D eigenvalue weighted by Crippen LogP contribution is 2.35. The van der Waals surface area contributed by atoms with Gasteiger partial charge in [-0.25, -0.2) is 0 Å². The van der Waals surface area contributed by atoms with Crippen molar-refractivity contribution in [2.75, 3.05) is 24.5 Å². The van der Waals surface area contributed by atoms with Crippen molar-refractivity contribution >= 4 is 22.9 Å². The largest absolute Gasteiger partial charge is 0.309 e. The van der Waals surface area contributed by atoms with E-state index in [1.165, 1.54) is 4.88 Å². The number of rotatable bonds is 3. The van der Waals surface area contributed by atoms with Crippen molar-refractivity contribution in [2.45, 2.75) is 13.0 Å². The lowest BCUT2D eigenvalue weighted by molar-refractivity contribution is -0.124. The Morgan fingerprint density at radius 3 is 3.05 bits per heavy atom. The fourth-order valence-electron chi connectivity index (χ4n) is 3.69. The summed E-state index contributed by atoms with van der Waals surface area (Å²) >= 11 is 1.80. The third-order valence-corrected chi connectivity index (χ3v) is 5.65. The van der Waals surface area contributed by atoms with E-state index in [4.69, 9.17) is 0 Å². The van der Waals surface area contributed by atoms with Crippen LogP contribution in [0, 0.1) is 11.8 Å². The van der Waals surface area contributed by atoms with Gasteiger partial charge in [0, 0.05) is 44.3 Å². The number of anilines is 1. The molecule has 2 aliphatic rings. The molecule has 116 valence electrons. The standard InChI is InChI=1S/C16H20N4OS/c1-18-9-13(7-17-18)20-5-4-12-8-19(11-15(12)16(20)21)10-14-3-2-6-22-14/h2-3,6-7,9,12,15H,4-5,8,10-11H2,1H3/t12-,15-/m1/s1. The van der Waals surface area contributed by atoms with Gasteiger partial charge in [-0.2, -0.15) is 5.10 Å². The van der Waals surface area contributed by atoms with Gasteiger partial charge in [0.15, 0.2) is 0 Å².